The molecule has 2 heterocycles. The minimum absolute atomic E-state index is 0.992. The third-order valence-corrected chi connectivity index (χ3v) is 3.32. The van der Waals surface area contributed by atoms with Crippen molar-refractivity contribution >= 4 is 0 Å². The fourth-order valence-corrected chi connectivity index (χ4v) is 2.31. The van der Waals surface area contributed by atoms with E-state index in [4.69, 9.17) is 0 Å². The van der Waals surface area contributed by atoms with Crippen LogP contribution in [0.1, 0.15) is 13.3 Å². The maximum absolute atomic E-state index is 3.22. The zero-order valence-electron chi connectivity index (χ0n) is 6.80. The van der Waals surface area contributed by atoms with E-state index in [-0.39, 0.29) is 0 Å². The highest BCUT2D eigenvalue weighted by Crippen LogP contribution is 2.44. The van der Waals surface area contributed by atoms with Crippen LogP contribution in [0.5, 0.6) is 0 Å². The molecule has 0 aromatic rings. The van der Waals surface area contributed by atoms with Crippen molar-refractivity contribution in [2.24, 2.45) is 17.8 Å². The molecule has 1 aliphatic carbocycles. The molecule has 2 saturated heterocycles. The van der Waals surface area contributed by atoms with Crippen molar-refractivity contribution in [1.82, 2.24) is 10.4 Å². The van der Waals surface area contributed by atoms with Gasteiger partial charge in [0.15, 0.2) is 0 Å². The van der Waals surface area contributed by atoms with Crippen molar-refractivity contribution in [3.8, 4) is 0 Å². The summed E-state index contributed by atoms with van der Waals surface area (Å²) in [6.07, 6.45) is 1.49. The SMILES string of the molecule is CNN1CC2CC(C1)C2C. The number of nitrogens with zero attached hydrogens (tertiary/aromatic N) is 1. The van der Waals surface area contributed by atoms with Crippen LogP contribution < -0.4 is 5.43 Å². The zero-order chi connectivity index (χ0) is 7.14. The van der Waals surface area contributed by atoms with E-state index in [1.807, 2.05) is 7.05 Å². The molecule has 0 aromatic carbocycles. The highest BCUT2D eigenvalue weighted by atomic mass is 15.5. The van der Waals surface area contributed by atoms with Crippen molar-refractivity contribution in [2.75, 3.05) is 20.1 Å². The molecule has 2 nitrogen and oxygen atoms in total. The van der Waals surface area contributed by atoms with E-state index in [1.165, 1.54) is 19.5 Å². The van der Waals surface area contributed by atoms with E-state index in [2.05, 4.69) is 17.4 Å². The monoisotopic (exact) mass is 140 g/mol. The summed E-state index contributed by atoms with van der Waals surface area (Å²) in [4.78, 5) is 0. The molecule has 58 valence electrons. The topological polar surface area (TPSA) is 15.3 Å². The molecule has 2 heteroatoms. The van der Waals surface area contributed by atoms with E-state index in [0.29, 0.717) is 0 Å². The summed E-state index contributed by atoms with van der Waals surface area (Å²) in [5.41, 5.74) is 3.22. The van der Waals surface area contributed by atoms with E-state index in [9.17, 15) is 0 Å². The van der Waals surface area contributed by atoms with Gasteiger partial charge in [-0.2, -0.15) is 0 Å². The van der Waals surface area contributed by atoms with E-state index in [0.717, 1.165) is 17.8 Å². The Morgan fingerprint density at radius 2 is 1.90 bits per heavy atom. The van der Waals surface area contributed by atoms with E-state index >= 15 is 0 Å². The Hall–Kier alpha value is -0.0800. The number of rotatable bonds is 1. The van der Waals surface area contributed by atoms with Crippen LogP contribution >= 0.6 is 0 Å². The van der Waals surface area contributed by atoms with Crippen molar-refractivity contribution in [3.05, 3.63) is 0 Å². The molecular formula is C8H16N2. The second kappa shape index (κ2) is 2.21. The minimum atomic E-state index is 0.992. The van der Waals surface area contributed by atoms with Gasteiger partial charge < -0.3 is 0 Å². The van der Waals surface area contributed by atoms with Gasteiger partial charge >= 0.3 is 0 Å². The maximum Gasteiger partial charge on any atom is 0.0162 e. The van der Waals surface area contributed by atoms with Gasteiger partial charge in [0.05, 0.1) is 0 Å². The lowest BCUT2D eigenvalue weighted by Crippen LogP contribution is -2.57. The number of hydrogen-bond donors (Lipinski definition) is 1. The third-order valence-electron chi connectivity index (χ3n) is 3.32. The second-order valence-electron chi connectivity index (χ2n) is 3.74. The summed E-state index contributed by atoms with van der Waals surface area (Å²) in [7, 11) is 2.02. The van der Waals surface area contributed by atoms with Gasteiger partial charge in [-0.1, -0.05) is 6.92 Å². The quantitative estimate of drug-likeness (QED) is 0.577. The first-order chi connectivity index (χ1) is 4.81. The summed E-state index contributed by atoms with van der Waals surface area (Å²) in [5, 5.41) is 2.35. The van der Waals surface area contributed by atoms with Gasteiger partial charge in [0.1, 0.15) is 0 Å². The minimum Gasteiger partial charge on any atom is -0.258 e. The molecule has 10 heavy (non-hydrogen) atoms. The molecule has 3 aliphatic rings. The number of hydrogen-bond acceptors (Lipinski definition) is 2. The highest BCUT2D eigenvalue weighted by molar-refractivity contribution is 4.93. The number of piperidine rings is 2. The van der Waals surface area contributed by atoms with Crippen molar-refractivity contribution in [3.63, 3.8) is 0 Å². The van der Waals surface area contributed by atoms with Crippen molar-refractivity contribution in [1.29, 1.82) is 0 Å². The predicted octanol–water partition coefficient (Wildman–Crippen LogP) is 0.709. The number of hydrazine groups is 1. The number of fused-ring (bicyclic) bond motifs is 2. The van der Waals surface area contributed by atoms with Crippen LogP contribution in [0.3, 0.4) is 0 Å². The molecule has 2 bridgehead atoms. The van der Waals surface area contributed by atoms with Gasteiger partial charge in [-0.05, 0) is 31.2 Å². The van der Waals surface area contributed by atoms with Gasteiger partial charge in [-0.25, -0.2) is 5.01 Å². The summed E-state index contributed by atoms with van der Waals surface area (Å²) < 4.78 is 0. The molecule has 1 N–H and O–H groups in total. The molecule has 3 rings (SSSR count). The smallest absolute Gasteiger partial charge is 0.0162 e. The molecule has 2 unspecified atom stereocenters. The first kappa shape index (κ1) is 6.62. The lowest BCUT2D eigenvalue weighted by Gasteiger charge is -2.52. The molecule has 1 saturated carbocycles. The summed E-state index contributed by atoms with van der Waals surface area (Å²) in [6.45, 7) is 4.94. The summed E-state index contributed by atoms with van der Waals surface area (Å²) in [5.74, 6) is 2.99. The lowest BCUT2D eigenvalue weighted by atomic mass is 9.63. The van der Waals surface area contributed by atoms with E-state index in [1.54, 1.807) is 0 Å². The average molecular weight is 140 g/mol. The van der Waals surface area contributed by atoms with Crippen LogP contribution in [-0.2, 0) is 0 Å². The molecule has 0 spiro atoms. The Morgan fingerprint density at radius 3 is 2.30 bits per heavy atom. The van der Waals surface area contributed by atoms with Crippen molar-refractivity contribution in [2.45, 2.75) is 13.3 Å². The van der Waals surface area contributed by atoms with Crippen LogP contribution in [-0.4, -0.2) is 25.1 Å². The van der Waals surface area contributed by atoms with Crippen LogP contribution in [0.15, 0.2) is 0 Å². The Morgan fingerprint density at radius 1 is 1.30 bits per heavy atom. The van der Waals surface area contributed by atoms with Gasteiger partial charge in [-0.15, -0.1) is 0 Å². The normalized spacial score (nSPS) is 46.8. The molecular weight excluding hydrogens is 124 g/mol. The van der Waals surface area contributed by atoms with Gasteiger partial charge in [-0.3, -0.25) is 5.43 Å². The molecule has 2 atom stereocenters. The molecule has 0 aromatic heterocycles. The van der Waals surface area contributed by atoms with Crippen LogP contribution in [0.4, 0.5) is 0 Å². The standard InChI is InChI=1S/C8H16N2/c1-6-7-3-8(6)5-10(4-7)9-2/h6-9H,3-5H2,1-2H3. The molecule has 0 radical (unpaired) electrons. The largest absolute Gasteiger partial charge is 0.258 e. The summed E-state index contributed by atoms with van der Waals surface area (Å²) >= 11 is 0. The molecule has 3 fully saturated rings. The van der Waals surface area contributed by atoms with E-state index < -0.39 is 0 Å². The van der Waals surface area contributed by atoms with Gasteiger partial charge in [0.25, 0.3) is 0 Å². The second-order valence-corrected chi connectivity index (χ2v) is 3.74. The van der Waals surface area contributed by atoms with Gasteiger partial charge in [0.2, 0.25) is 0 Å². The first-order valence-electron chi connectivity index (χ1n) is 4.23. The van der Waals surface area contributed by atoms with Crippen LogP contribution in [0.2, 0.25) is 0 Å². The lowest BCUT2D eigenvalue weighted by molar-refractivity contribution is -0.0521. The Bertz CT molecular complexity index is 123. The van der Waals surface area contributed by atoms with Crippen LogP contribution in [0.25, 0.3) is 0 Å². The first-order valence-corrected chi connectivity index (χ1v) is 4.23. The predicted molar refractivity (Wildman–Crippen MR) is 41.4 cm³/mol. The maximum atomic E-state index is 3.22. The van der Waals surface area contributed by atoms with Gasteiger partial charge in [0, 0.05) is 13.1 Å². The highest BCUT2D eigenvalue weighted by Gasteiger charge is 2.43. The Balaban J connectivity index is 1.93. The fraction of sp³-hybridized carbons (Fsp3) is 1.00. The zero-order valence-corrected chi connectivity index (χ0v) is 6.80. The average Bonchev–Trinajstić information content (AvgIpc) is 2.04. The molecule has 0 amide bonds. The fourth-order valence-electron chi connectivity index (χ4n) is 2.31. The Kier molecular flexibility index (Phi) is 1.46. The number of nitrogens with one attached hydrogen (secondary N) is 1. The van der Waals surface area contributed by atoms with Crippen LogP contribution in [0, 0.1) is 17.8 Å². The summed E-state index contributed by atoms with van der Waals surface area (Å²) in [6, 6.07) is 0. The third kappa shape index (κ3) is 0.789. The molecule has 2 aliphatic heterocycles. The Labute approximate surface area is 62.6 Å². The van der Waals surface area contributed by atoms with Crippen molar-refractivity contribution < 1.29 is 0 Å².